The number of carbonyl (C=O) groups is 3. The number of rotatable bonds is 11. The van der Waals surface area contributed by atoms with Crippen LogP contribution in [-0.4, -0.2) is 36.5 Å². The minimum Gasteiger partial charge on any atom is -0.468 e. The largest absolute Gasteiger partial charge is 0.468 e. The topological polar surface area (TPSA) is 95.7 Å². The molecule has 1 atom stereocenters. The average molecular weight is 329 g/mol. The second-order valence-electron chi connectivity index (χ2n) is 6.71. The molecule has 0 saturated carbocycles. The predicted molar refractivity (Wildman–Crippen MR) is 87.8 cm³/mol. The van der Waals surface area contributed by atoms with Gasteiger partial charge in [0.25, 0.3) is 0 Å². The molecule has 0 aromatic carbocycles. The van der Waals surface area contributed by atoms with Crippen molar-refractivity contribution in [2.45, 2.75) is 83.8 Å². The molecule has 0 heterocycles. The van der Waals surface area contributed by atoms with Crippen LogP contribution in [0.4, 0.5) is 0 Å². The molecule has 134 valence electrons. The molecule has 0 bridgehead atoms. The number of nitrogens with two attached hydrogens (primary N) is 1. The van der Waals surface area contributed by atoms with Gasteiger partial charge in [-0.05, 0) is 40.0 Å². The lowest BCUT2D eigenvalue weighted by Gasteiger charge is -2.19. The van der Waals surface area contributed by atoms with Gasteiger partial charge in [0, 0.05) is 19.3 Å². The Bertz CT molecular complexity index is 387. The van der Waals surface area contributed by atoms with E-state index in [1.54, 1.807) is 0 Å². The van der Waals surface area contributed by atoms with Crippen LogP contribution in [0.1, 0.15) is 72.1 Å². The number of carbonyl (C=O) groups excluding carboxylic acids is 3. The Kier molecular flexibility index (Phi) is 10.5. The molecule has 0 amide bonds. The van der Waals surface area contributed by atoms with Gasteiger partial charge in [-0.3, -0.25) is 14.4 Å². The van der Waals surface area contributed by atoms with Gasteiger partial charge in [-0.15, -0.1) is 0 Å². The normalized spacial score (nSPS) is 12.6. The second kappa shape index (κ2) is 11.2. The van der Waals surface area contributed by atoms with Crippen LogP contribution in [0.3, 0.4) is 0 Å². The van der Waals surface area contributed by atoms with Gasteiger partial charge in [-0.1, -0.05) is 12.8 Å². The highest BCUT2D eigenvalue weighted by Crippen LogP contribution is 2.12. The van der Waals surface area contributed by atoms with Crippen molar-refractivity contribution >= 4 is 17.7 Å². The van der Waals surface area contributed by atoms with Crippen molar-refractivity contribution in [3.8, 4) is 0 Å². The lowest BCUT2D eigenvalue weighted by molar-refractivity contribution is -0.155. The molecule has 0 rings (SSSR count). The van der Waals surface area contributed by atoms with E-state index < -0.39 is 17.6 Å². The first-order valence-electron chi connectivity index (χ1n) is 8.22. The summed E-state index contributed by atoms with van der Waals surface area (Å²) in [5.41, 5.74) is 5.14. The molecular weight excluding hydrogens is 298 g/mol. The van der Waals surface area contributed by atoms with Gasteiger partial charge in [0.15, 0.2) is 0 Å². The van der Waals surface area contributed by atoms with Crippen LogP contribution in [0.25, 0.3) is 0 Å². The standard InChI is InChI=1S/C17H31NO5/c1-17(2,3)23-15(20)10-8-6-5-7-9-13(19)11-12-14(18)16(21)22-4/h14H,5-12,18H2,1-4H3/t14-/m0/s1. The van der Waals surface area contributed by atoms with Crippen LogP contribution in [-0.2, 0) is 23.9 Å². The van der Waals surface area contributed by atoms with Gasteiger partial charge in [0.1, 0.15) is 17.4 Å². The molecule has 0 spiro atoms. The van der Waals surface area contributed by atoms with E-state index in [1.165, 1.54) is 7.11 Å². The zero-order chi connectivity index (χ0) is 17.9. The predicted octanol–water partition coefficient (Wildman–Crippen LogP) is 2.52. The van der Waals surface area contributed by atoms with E-state index in [0.717, 1.165) is 25.7 Å². The highest BCUT2D eigenvalue weighted by molar-refractivity contribution is 5.80. The van der Waals surface area contributed by atoms with Crippen LogP contribution in [0.5, 0.6) is 0 Å². The van der Waals surface area contributed by atoms with Crippen molar-refractivity contribution in [3.63, 3.8) is 0 Å². The van der Waals surface area contributed by atoms with Crippen LogP contribution < -0.4 is 5.73 Å². The summed E-state index contributed by atoms with van der Waals surface area (Å²) in [6.45, 7) is 5.55. The van der Waals surface area contributed by atoms with Crippen molar-refractivity contribution in [3.05, 3.63) is 0 Å². The van der Waals surface area contributed by atoms with E-state index in [0.29, 0.717) is 25.7 Å². The number of esters is 2. The van der Waals surface area contributed by atoms with E-state index in [1.807, 2.05) is 20.8 Å². The fourth-order valence-corrected chi connectivity index (χ4v) is 2.05. The Morgan fingerprint density at radius 2 is 1.52 bits per heavy atom. The molecule has 0 aliphatic rings. The highest BCUT2D eigenvalue weighted by Gasteiger charge is 2.16. The van der Waals surface area contributed by atoms with Crippen molar-refractivity contribution in [2.75, 3.05) is 7.11 Å². The minimum absolute atomic E-state index is 0.108. The molecular formula is C17H31NO5. The maximum Gasteiger partial charge on any atom is 0.322 e. The third-order valence-corrected chi connectivity index (χ3v) is 3.24. The Morgan fingerprint density at radius 3 is 2.04 bits per heavy atom. The van der Waals surface area contributed by atoms with Gasteiger partial charge in [-0.25, -0.2) is 0 Å². The van der Waals surface area contributed by atoms with E-state index in [2.05, 4.69) is 4.74 Å². The fraction of sp³-hybridized carbons (Fsp3) is 0.824. The molecule has 0 aromatic rings. The summed E-state index contributed by atoms with van der Waals surface area (Å²) in [7, 11) is 1.28. The molecule has 2 N–H and O–H groups in total. The molecule has 0 radical (unpaired) electrons. The molecule has 23 heavy (non-hydrogen) atoms. The highest BCUT2D eigenvalue weighted by atomic mass is 16.6. The lowest BCUT2D eigenvalue weighted by Crippen LogP contribution is -2.31. The van der Waals surface area contributed by atoms with Crippen LogP contribution in [0.2, 0.25) is 0 Å². The Labute approximate surface area is 139 Å². The van der Waals surface area contributed by atoms with E-state index >= 15 is 0 Å². The zero-order valence-corrected chi connectivity index (χ0v) is 14.9. The molecule has 6 nitrogen and oxygen atoms in total. The molecule has 0 aromatic heterocycles. The summed E-state index contributed by atoms with van der Waals surface area (Å²) in [4.78, 5) is 34.3. The molecule has 0 fully saturated rings. The van der Waals surface area contributed by atoms with Gasteiger partial charge in [0.05, 0.1) is 7.11 Å². The fourth-order valence-electron chi connectivity index (χ4n) is 2.05. The minimum atomic E-state index is -0.724. The smallest absolute Gasteiger partial charge is 0.322 e. The third-order valence-electron chi connectivity index (χ3n) is 3.24. The zero-order valence-electron chi connectivity index (χ0n) is 14.9. The van der Waals surface area contributed by atoms with E-state index in [4.69, 9.17) is 10.5 Å². The molecule has 0 unspecified atom stereocenters. The van der Waals surface area contributed by atoms with Gasteiger partial charge >= 0.3 is 11.9 Å². The third kappa shape index (κ3) is 12.8. The van der Waals surface area contributed by atoms with Crippen LogP contribution >= 0.6 is 0 Å². The first-order chi connectivity index (χ1) is 10.7. The number of ketones is 1. The lowest BCUT2D eigenvalue weighted by atomic mass is 10.0. The first-order valence-corrected chi connectivity index (χ1v) is 8.22. The van der Waals surface area contributed by atoms with Crippen molar-refractivity contribution in [2.24, 2.45) is 5.73 Å². The summed E-state index contributed by atoms with van der Waals surface area (Å²) in [5.74, 6) is -0.554. The Morgan fingerprint density at radius 1 is 0.957 bits per heavy atom. The van der Waals surface area contributed by atoms with Gasteiger partial charge < -0.3 is 15.2 Å². The molecule has 0 saturated heterocycles. The Balaban J connectivity index is 3.59. The van der Waals surface area contributed by atoms with Crippen LogP contribution in [0, 0.1) is 0 Å². The van der Waals surface area contributed by atoms with Crippen molar-refractivity contribution in [1.82, 2.24) is 0 Å². The summed E-state index contributed by atoms with van der Waals surface area (Å²) in [6, 6.07) is -0.724. The van der Waals surface area contributed by atoms with Gasteiger partial charge in [-0.2, -0.15) is 0 Å². The monoisotopic (exact) mass is 329 g/mol. The average Bonchev–Trinajstić information content (AvgIpc) is 2.45. The quantitative estimate of drug-likeness (QED) is 0.462. The van der Waals surface area contributed by atoms with Crippen LogP contribution in [0.15, 0.2) is 0 Å². The van der Waals surface area contributed by atoms with Crippen molar-refractivity contribution in [1.29, 1.82) is 0 Å². The Hall–Kier alpha value is -1.43. The first kappa shape index (κ1) is 21.6. The maximum atomic E-state index is 11.7. The van der Waals surface area contributed by atoms with Crippen molar-refractivity contribution < 1.29 is 23.9 Å². The SMILES string of the molecule is COC(=O)[C@@H](N)CCC(=O)CCCCCCC(=O)OC(C)(C)C. The summed E-state index contributed by atoms with van der Waals surface area (Å²) < 4.78 is 9.73. The molecule has 0 aliphatic heterocycles. The number of hydrogen-bond donors (Lipinski definition) is 1. The number of methoxy groups -OCH3 is 1. The number of ether oxygens (including phenoxy) is 2. The molecule has 0 aliphatic carbocycles. The summed E-state index contributed by atoms with van der Waals surface area (Å²) in [6.07, 6.45) is 4.89. The summed E-state index contributed by atoms with van der Waals surface area (Å²) in [5, 5.41) is 0. The van der Waals surface area contributed by atoms with E-state index in [9.17, 15) is 14.4 Å². The second-order valence-corrected chi connectivity index (χ2v) is 6.71. The van der Waals surface area contributed by atoms with E-state index in [-0.39, 0.29) is 11.8 Å². The van der Waals surface area contributed by atoms with Gasteiger partial charge in [0.2, 0.25) is 0 Å². The summed E-state index contributed by atoms with van der Waals surface area (Å²) >= 11 is 0. The molecule has 6 heteroatoms. The maximum absolute atomic E-state index is 11.7. The number of hydrogen-bond acceptors (Lipinski definition) is 6. The number of unbranched alkanes of at least 4 members (excludes halogenated alkanes) is 3. The number of Topliss-reactive ketones (excluding diaryl/α,β-unsaturated/α-hetero) is 1.